The van der Waals surface area contributed by atoms with Crippen molar-refractivity contribution in [3.63, 3.8) is 0 Å². The number of hydrogen-bond donors (Lipinski definition) is 1. The molecule has 3 aromatic carbocycles. The maximum Gasteiger partial charge on any atom is 0.149 e. The van der Waals surface area contributed by atoms with Crippen molar-refractivity contribution in [3.05, 3.63) is 108 Å². The van der Waals surface area contributed by atoms with Gasteiger partial charge in [0.2, 0.25) is 0 Å². The Hall–Kier alpha value is -4.55. The van der Waals surface area contributed by atoms with Crippen LogP contribution in [-0.2, 0) is 10.8 Å². The quantitative estimate of drug-likeness (QED) is 0.194. The second kappa shape index (κ2) is 11.4. The molecule has 1 N–H and O–H groups in total. The molecule has 6 rings (SSSR count). The maximum atomic E-state index is 11.6. The largest absolute Gasteiger partial charge is 0.507 e. The summed E-state index contributed by atoms with van der Waals surface area (Å²) in [6.07, 6.45) is 3.91. The maximum absolute atomic E-state index is 11.6. The van der Waals surface area contributed by atoms with Crippen LogP contribution in [0.2, 0.25) is 19.6 Å². The van der Waals surface area contributed by atoms with Crippen LogP contribution in [0.4, 0.5) is 0 Å². The molecule has 46 heavy (non-hydrogen) atoms. The van der Waals surface area contributed by atoms with Crippen LogP contribution in [0.5, 0.6) is 5.75 Å². The van der Waals surface area contributed by atoms with Crippen LogP contribution < -0.4 is 5.19 Å². The first-order valence-electron chi connectivity index (χ1n) is 16.0. The Morgan fingerprint density at radius 3 is 2.07 bits per heavy atom. The van der Waals surface area contributed by atoms with Gasteiger partial charge in [-0.1, -0.05) is 97.6 Å². The highest BCUT2D eigenvalue weighted by atomic mass is 28.3. The number of aromatic nitrogens is 4. The first-order chi connectivity index (χ1) is 21.6. The van der Waals surface area contributed by atoms with E-state index in [0.29, 0.717) is 11.4 Å². The van der Waals surface area contributed by atoms with E-state index in [0.717, 1.165) is 44.8 Å². The van der Waals surface area contributed by atoms with Crippen molar-refractivity contribution in [1.29, 1.82) is 0 Å². The lowest BCUT2D eigenvalue weighted by Gasteiger charge is -2.22. The molecule has 0 aliphatic carbocycles. The smallest absolute Gasteiger partial charge is 0.149 e. The van der Waals surface area contributed by atoms with Crippen molar-refractivity contribution in [2.75, 3.05) is 0 Å². The minimum atomic E-state index is -1.47. The van der Waals surface area contributed by atoms with E-state index in [1.165, 1.54) is 10.8 Å². The molecule has 234 valence electrons. The number of pyridine rings is 2. The Balaban J connectivity index is 1.62. The van der Waals surface area contributed by atoms with Crippen LogP contribution in [0.1, 0.15) is 52.7 Å². The van der Waals surface area contributed by atoms with Gasteiger partial charge in [-0.05, 0) is 75.7 Å². The molecule has 0 saturated carbocycles. The lowest BCUT2D eigenvalue weighted by Crippen LogP contribution is -2.37. The fraction of sp³-hybridized carbons (Fsp3) is 0.275. The van der Waals surface area contributed by atoms with Crippen LogP contribution >= 0.6 is 0 Å². The predicted molar refractivity (Wildman–Crippen MR) is 195 cm³/mol. The molecule has 0 saturated heterocycles. The monoisotopic (exact) mass is 624 g/mol. The molecule has 0 radical (unpaired) electrons. The van der Waals surface area contributed by atoms with E-state index in [4.69, 9.17) is 15.0 Å². The van der Waals surface area contributed by atoms with Crippen molar-refractivity contribution >= 4 is 24.3 Å². The zero-order valence-electron chi connectivity index (χ0n) is 28.5. The molecule has 6 heteroatoms. The third-order valence-corrected chi connectivity index (χ3v) is 10.7. The number of phenolic OH excluding ortho intramolecular Hbond substituents is 1. The van der Waals surface area contributed by atoms with Crippen molar-refractivity contribution in [3.8, 4) is 45.3 Å². The van der Waals surface area contributed by atoms with Crippen molar-refractivity contribution in [1.82, 2.24) is 19.5 Å². The van der Waals surface area contributed by atoms with Gasteiger partial charge in [0.25, 0.3) is 0 Å². The standard InChI is InChI=1S/C40H44N4OSi/c1-39(2,3)28-23-26(33-19-18-30(25-42-33)46(7,8)9)22-27(24-28)35-36-34(20-21-41-35)44(29-14-11-10-12-15-29)38(43-36)31-16-13-17-32(37(31)45)40(4,5)6/h10-25,45H,1-9H3. The van der Waals surface area contributed by atoms with E-state index in [-0.39, 0.29) is 16.6 Å². The highest BCUT2D eigenvalue weighted by Gasteiger charge is 2.26. The summed E-state index contributed by atoms with van der Waals surface area (Å²) in [5.74, 6) is 0.928. The number of phenols is 1. The number of para-hydroxylation sites is 2. The zero-order chi connectivity index (χ0) is 33.0. The normalized spacial score (nSPS) is 12.5. The molecular formula is C40H44N4OSi. The third-order valence-electron chi connectivity index (χ3n) is 8.67. The van der Waals surface area contributed by atoms with Gasteiger partial charge in [-0.15, -0.1) is 0 Å². The number of aromatic hydroxyl groups is 1. The molecule has 0 atom stereocenters. The van der Waals surface area contributed by atoms with Gasteiger partial charge < -0.3 is 5.11 Å². The number of imidazole rings is 1. The highest BCUT2D eigenvalue weighted by Crippen LogP contribution is 2.41. The molecule has 6 aromatic rings. The number of hydrogen-bond acceptors (Lipinski definition) is 4. The topological polar surface area (TPSA) is 63.8 Å². The van der Waals surface area contributed by atoms with Gasteiger partial charge in [0.15, 0.2) is 0 Å². The molecule has 0 aliphatic heterocycles. The Labute approximate surface area is 274 Å². The summed E-state index contributed by atoms with van der Waals surface area (Å²) in [5.41, 5.74) is 8.90. The van der Waals surface area contributed by atoms with Crippen LogP contribution in [0.25, 0.3) is 50.6 Å². The summed E-state index contributed by atoms with van der Waals surface area (Å²) in [4.78, 5) is 15.2. The number of fused-ring (bicyclic) bond motifs is 1. The minimum absolute atomic E-state index is 0.0926. The fourth-order valence-electron chi connectivity index (χ4n) is 5.92. The number of benzene rings is 3. The summed E-state index contributed by atoms with van der Waals surface area (Å²) < 4.78 is 2.13. The lowest BCUT2D eigenvalue weighted by molar-refractivity contribution is 0.448. The van der Waals surface area contributed by atoms with Gasteiger partial charge in [-0.2, -0.15) is 0 Å². The minimum Gasteiger partial charge on any atom is -0.507 e. The molecule has 3 heterocycles. The number of nitrogens with zero attached hydrogens (tertiary/aromatic N) is 4. The van der Waals surface area contributed by atoms with Crippen LogP contribution in [-0.4, -0.2) is 32.7 Å². The molecule has 0 aliphatic rings. The van der Waals surface area contributed by atoms with Gasteiger partial charge >= 0.3 is 0 Å². The van der Waals surface area contributed by atoms with Gasteiger partial charge in [0.05, 0.1) is 30.5 Å². The van der Waals surface area contributed by atoms with Crippen LogP contribution in [0.3, 0.4) is 0 Å². The molecule has 0 amide bonds. The zero-order valence-corrected chi connectivity index (χ0v) is 29.5. The Morgan fingerprint density at radius 2 is 1.43 bits per heavy atom. The van der Waals surface area contributed by atoms with Crippen molar-refractivity contribution in [2.24, 2.45) is 0 Å². The van der Waals surface area contributed by atoms with Gasteiger partial charge in [-0.3, -0.25) is 14.5 Å². The second-order valence-corrected chi connectivity index (χ2v) is 20.4. The first-order valence-corrected chi connectivity index (χ1v) is 19.5. The molecule has 5 nitrogen and oxygen atoms in total. The molecule has 0 fully saturated rings. The SMILES string of the molecule is CC(C)(C)c1cc(-c2ccc([Si](C)(C)C)cn2)cc(-c2nccc3c2nc(-c2cccc(C(C)(C)C)c2O)n3-c2ccccc2)c1. The molecule has 3 aromatic heterocycles. The van der Waals surface area contributed by atoms with Crippen molar-refractivity contribution in [2.45, 2.75) is 72.0 Å². The Bertz CT molecular complexity index is 2040. The van der Waals surface area contributed by atoms with E-state index in [1.807, 2.05) is 48.7 Å². The molecular weight excluding hydrogens is 581 g/mol. The molecule has 0 bridgehead atoms. The average Bonchev–Trinajstić information content (AvgIpc) is 3.39. The molecule has 0 spiro atoms. The predicted octanol–water partition coefficient (Wildman–Crippen LogP) is 9.66. The van der Waals surface area contributed by atoms with Gasteiger partial charge in [-0.25, -0.2) is 4.98 Å². The number of rotatable bonds is 5. The Morgan fingerprint density at radius 1 is 0.717 bits per heavy atom. The summed E-state index contributed by atoms with van der Waals surface area (Å²) in [7, 11) is -1.47. The second-order valence-electron chi connectivity index (χ2n) is 15.3. The highest BCUT2D eigenvalue weighted by molar-refractivity contribution is 6.88. The van der Waals surface area contributed by atoms with Crippen molar-refractivity contribution < 1.29 is 5.11 Å². The van der Waals surface area contributed by atoms with E-state index < -0.39 is 8.07 Å². The lowest BCUT2D eigenvalue weighted by atomic mass is 9.84. The first kappa shape index (κ1) is 31.4. The third kappa shape index (κ3) is 5.90. The van der Waals surface area contributed by atoms with E-state index in [2.05, 4.69) is 114 Å². The summed E-state index contributed by atoms with van der Waals surface area (Å²) in [6, 6.07) is 29.2. The van der Waals surface area contributed by atoms with Gasteiger partial charge in [0, 0.05) is 29.2 Å². The summed E-state index contributed by atoms with van der Waals surface area (Å²) >= 11 is 0. The van der Waals surface area contributed by atoms with Crippen LogP contribution in [0, 0.1) is 0 Å². The van der Waals surface area contributed by atoms with E-state index >= 15 is 0 Å². The van der Waals surface area contributed by atoms with Gasteiger partial charge in [0.1, 0.15) is 17.1 Å². The fourth-order valence-corrected chi connectivity index (χ4v) is 6.95. The average molecular weight is 625 g/mol. The molecule has 0 unspecified atom stereocenters. The Kier molecular flexibility index (Phi) is 7.76. The van der Waals surface area contributed by atoms with Crippen LogP contribution in [0.15, 0.2) is 97.3 Å². The summed E-state index contributed by atoms with van der Waals surface area (Å²) in [6.45, 7) is 20.1. The van der Waals surface area contributed by atoms with E-state index in [1.54, 1.807) is 0 Å². The van der Waals surface area contributed by atoms with E-state index in [9.17, 15) is 5.11 Å². The summed E-state index contributed by atoms with van der Waals surface area (Å²) in [5, 5.41) is 13.0.